The molecular formula is C28H30FN7O3. The number of hydrogen-bond donors (Lipinski definition) is 3. The Morgan fingerprint density at radius 2 is 1.74 bits per heavy atom. The highest BCUT2D eigenvalue weighted by atomic mass is 19.1. The van der Waals surface area contributed by atoms with Crippen LogP contribution >= 0.6 is 0 Å². The molecule has 0 spiro atoms. The Bertz CT molecular complexity index is 1560. The van der Waals surface area contributed by atoms with Crippen molar-refractivity contribution in [3.63, 3.8) is 0 Å². The number of carbonyl (C=O) groups is 3. The van der Waals surface area contributed by atoms with Crippen LogP contribution in [0.5, 0.6) is 0 Å². The Balaban J connectivity index is 1.52. The molecule has 10 nitrogen and oxygen atoms in total. The molecule has 4 rings (SSSR count). The third-order valence-electron chi connectivity index (χ3n) is 6.28. The number of aromatic nitrogens is 3. The molecule has 3 amide bonds. The van der Waals surface area contributed by atoms with Crippen LogP contribution in [0, 0.1) is 19.7 Å². The molecule has 0 saturated heterocycles. The van der Waals surface area contributed by atoms with E-state index in [0.717, 1.165) is 18.2 Å². The molecule has 11 heteroatoms. The maximum absolute atomic E-state index is 13.8. The molecule has 0 aliphatic rings. The summed E-state index contributed by atoms with van der Waals surface area (Å²) in [5, 5.41) is 10.7. The van der Waals surface area contributed by atoms with E-state index in [4.69, 9.17) is 5.73 Å². The van der Waals surface area contributed by atoms with Crippen molar-refractivity contribution in [3.05, 3.63) is 88.1 Å². The lowest BCUT2D eigenvalue weighted by Gasteiger charge is -2.11. The van der Waals surface area contributed by atoms with Gasteiger partial charge in [0.15, 0.2) is 0 Å². The Morgan fingerprint density at radius 3 is 2.41 bits per heavy atom. The smallest absolute Gasteiger partial charge is 0.267 e. The highest BCUT2D eigenvalue weighted by molar-refractivity contribution is 6.14. The summed E-state index contributed by atoms with van der Waals surface area (Å²) < 4.78 is 15.5. The summed E-state index contributed by atoms with van der Waals surface area (Å²) in [5.41, 5.74) is 8.85. The molecule has 0 radical (unpaired) electrons. The molecule has 2 aromatic carbocycles. The molecule has 0 atom stereocenters. The summed E-state index contributed by atoms with van der Waals surface area (Å²) in [6.45, 7) is 5.34. The van der Waals surface area contributed by atoms with Crippen LogP contribution in [0.4, 0.5) is 10.1 Å². The quantitative estimate of drug-likeness (QED) is 0.304. The van der Waals surface area contributed by atoms with Gasteiger partial charge in [-0.15, -0.1) is 0 Å². The third-order valence-corrected chi connectivity index (χ3v) is 6.28. The van der Waals surface area contributed by atoms with Gasteiger partial charge in [0.25, 0.3) is 17.7 Å². The second-order valence-electron chi connectivity index (χ2n) is 9.49. The van der Waals surface area contributed by atoms with Gasteiger partial charge in [0.1, 0.15) is 11.5 Å². The molecule has 0 unspecified atom stereocenters. The van der Waals surface area contributed by atoms with Gasteiger partial charge in [0, 0.05) is 30.1 Å². The lowest BCUT2D eigenvalue weighted by molar-refractivity contribution is 0.0948. The van der Waals surface area contributed by atoms with Gasteiger partial charge in [-0.2, -0.15) is 5.10 Å². The molecule has 0 aliphatic carbocycles. The Kier molecular flexibility index (Phi) is 8.01. The van der Waals surface area contributed by atoms with Crippen molar-refractivity contribution in [3.8, 4) is 0 Å². The largest absolute Gasteiger partial charge is 0.364 e. The summed E-state index contributed by atoms with van der Waals surface area (Å²) in [5.74, 6) is -2.02. The van der Waals surface area contributed by atoms with Gasteiger partial charge < -0.3 is 21.3 Å². The summed E-state index contributed by atoms with van der Waals surface area (Å²) in [4.78, 5) is 43.5. The SMILES string of the molecule is Cc1nn(Cc2ccc(C(=O)NCCN(C)C)cc2)c(C)c1NC(=O)c1cc(C(N)=O)nc2cc(F)ccc12. The summed E-state index contributed by atoms with van der Waals surface area (Å²) >= 11 is 0. The number of primary amides is 1. The summed E-state index contributed by atoms with van der Waals surface area (Å²) in [7, 11) is 3.89. The van der Waals surface area contributed by atoms with Crippen LogP contribution in [0.3, 0.4) is 0 Å². The zero-order chi connectivity index (χ0) is 28.3. The first-order valence-corrected chi connectivity index (χ1v) is 12.3. The minimum Gasteiger partial charge on any atom is -0.364 e. The molecule has 4 aromatic rings. The number of rotatable bonds is 9. The number of nitrogens with one attached hydrogen (secondary N) is 2. The highest BCUT2D eigenvalue weighted by Crippen LogP contribution is 2.25. The van der Waals surface area contributed by atoms with Crippen LogP contribution < -0.4 is 16.4 Å². The average Bonchev–Trinajstić information content (AvgIpc) is 3.15. The monoisotopic (exact) mass is 531 g/mol. The van der Waals surface area contributed by atoms with E-state index in [0.29, 0.717) is 41.1 Å². The van der Waals surface area contributed by atoms with Crippen molar-refractivity contribution in [1.82, 2.24) is 25.0 Å². The van der Waals surface area contributed by atoms with Crippen LogP contribution in [0.15, 0.2) is 48.5 Å². The molecular weight excluding hydrogens is 501 g/mol. The molecule has 0 aliphatic heterocycles. The fourth-order valence-electron chi connectivity index (χ4n) is 4.16. The molecule has 0 saturated carbocycles. The number of benzene rings is 2. The van der Waals surface area contributed by atoms with Crippen LogP contribution in [0.25, 0.3) is 10.9 Å². The molecule has 2 aromatic heterocycles. The first-order valence-electron chi connectivity index (χ1n) is 12.3. The molecule has 0 fully saturated rings. The molecule has 2 heterocycles. The van der Waals surface area contributed by atoms with E-state index in [9.17, 15) is 18.8 Å². The van der Waals surface area contributed by atoms with Crippen molar-refractivity contribution >= 4 is 34.3 Å². The maximum Gasteiger partial charge on any atom is 0.267 e. The number of pyridine rings is 1. The fourth-order valence-corrected chi connectivity index (χ4v) is 4.16. The zero-order valence-corrected chi connectivity index (χ0v) is 22.2. The maximum atomic E-state index is 13.8. The van der Waals surface area contributed by atoms with E-state index in [-0.39, 0.29) is 22.7 Å². The minimum atomic E-state index is -0.826. The number of nitrogens with two attached hydrogens (primary N) is 1. The van der Waals surface area contributed by atoms with Gasteiger partial charge in [-0.1, -0.05) is 12.1 Å². The van der Waals surface area contributed by atoms with E-state index in [1.807, 2.05) is 38.1 Å². The van der Waals surface area contributed by atoms with Gasteiger partial charge in [-0.3, -0.25) is 19.1 Å². The van der Waals surface area contributed by atoms with Gasteiger partial charge in [-0.25, -0.2) is 9.37 Å². The number of hydrogen-bond acceptors (Lipinski definition) is 6. The van der Waals surface area contributed by atoms with Gasteiger partial charge in [0.05, 0.1) is 34.7 Å². The van der Waals surface area contributed by atoms with E-state index >= 15 is 0 Å². The van der Waals surface area contributed by atoms with Crippen molar-refractivity contribution < 1.29 is 18.8 Å². The minimum absolute atomic E-state index is 0.134. The number of likely N-dealkylation sites (N-methyl/N-ethyl adjacent to an activating group) is 1. The first-order chi connectivity index (χ1) is 18.5. The van der Waals surface area contributed by atoms with E-state index in [2.05, 4.69) is 20.7 Å². The van der Waals surface area contributed by atoms with Crippen molar-refractivity contribution in [2.45, 2.75) is 20.4 Å². The van der Waals surface area contributed by atoms with Crippen molar-refractivity contribution in [1.29, 1.82) is 0 Å². The lowest BCUT2D eigenvalue weighted by Crippen LogP contribution is -2.31. The topological polar surface area (TPSA) is 135 Å². The number of fused-ring (bicyclic) bond motifs is 1. The van der Waals surface area contributed by atoms with E-state index in [1.165, 1.54) is 18.2 Å². The Labute approximate surface area is 225 Å². The Morgan fingerprint density at radius 1 is 1.03 bits per heavy atom. The molecule has 0 bridgehead atoms. The number of halogens is 1. The van der Waals surface area contributed by atoms with Gasteiger partial charge in [-0.05, 0) is 63.8 Å². The second-order valence-corrected chi connectivity index (χ2v) is 9.49. The predicted molar refractivity (Wildman–Crippen MR) is 146 cm³/mol. The lowest BCUT2D eigenvalue weighted by atomic mass is 10.1. The van der Waals surface area contributed by atoms with Crippen LogP contribution in [-0.2, 0) is 6.54 Å². The zero-order valence-electron chi connectivity index (χ0n) is 22.2. The van der Waals surface area contributed by atoms with Crippen LogP contribution in [-0.4, -0.2) is 64.6 Å². The number of amides is 3. The Hall–Kier alpha value is -4.64. The number of carbonyl (C=O) groups excluding carboxylic acids is 3. The number of aryl methyl sites for hydroxylation is 1. The van der Waals surface area contributed by atoms with Gasteiger partial charge in [0.2, 0.25) is 0 Å². The second kappa shape index (κ2) is 11.4. The number of anilines is 1. The molecule has 4 N–H and O–H groups in total. The molecule has 39 heavy (non-hydrogen) atoms. The normalized spacial score (nSPS) is 11.1. The predicted octanol–water partition coefficient (Wildman–Crippen LogP) is 2.88. The highest BCUT2D eigenvalue weighted by Gasteiger charge is 2.20. The van der Waals surface area contributed by atoms with E-state index in [1.54, 1.807) is 23.7 Å². The molecule has 202 valence electrons. The third kappa shape index (κ3) is 6.27. The van der Waals surface area contributed by atoms with Crippen molar-refractivity contribution in [2.75, 3.05) is 32.5 Å². The van der Waals surface area contributed by atoms with Crippen LogP contribution in [0.1, 0.15) is 48.2 Å². The van der Waals surface area contributed by atoms with Gasteiger partial charge >= 0.3 is 0 Å². The first kappa shape index (κ1) is 27.4. The van der Waals surface area contributed by atoms with E-state index < -0.39 is 17.6 Å². The summed E-state index contributed by atoms with van der Waals surface area (Å²) in [6, 6.07) is 12.4. The van der Waals surface area contributed by atoms with Crippen LogP contribution in [0.2, 0.25) is 0 Å². The fraction of sp³-hybridized carbons (Fsp3) is 0.250. The van der Waals surface area contributed by atoms with Crippen molar-refractivity contribution in [2.24, 2.45) is 5.73 Å². The standard InChI is InChI=1S/C28H30FN7O3/c1-16-25(33-28(39)22-14-24(26(30)37)32-23-13-20(29)9-10-21(22)23)17(2)36(34-16)15-18-5-7-19(8-6-18)27(38)31-11-12-35(3)4/h5-10,13-14H,11-12,15H2,1-4H3,(H2,30,37)(H,31,38)(H,33,39). The number of nitrogens with zero attached hydrogens (tertiary/aromatic N) is 4. The summed E-state index contributed by atoms with van der Waals surface area (Å²) in [6.07, 6.45) is 0. The average molecular weight is 532 g/mol.